The number of methoxy groups -OCH3 is 1. The molecule has 0 saturated heterocycles. The van der Waals surface area contributed by atoms with Gasteiger partial charge in [-0.05, 0) is 42.9 Å². The van der Waals surface area contributed by atoms with Gasteiger partial charge in [0.15, 0.2) is 5.82 Å². The number of aryl methyl sites for hydroxylation is 1. The van der Waals surface area contributed by atoms with Crippen molar-refractivity contribution in [3.63, 3.8) is 0 Å². The van der Waals surface area contributed by atoms with Crippen LogP contribution >= 0.6 is 11.3 Å². The summed E-state index contributed by atoms with van der Waals surface area (Å²) in [6.45, 7) is 2.40. The van der Waals surface area contributed by atoms with Gasteiger partial charge in [0.1, 0.15) is 10.6 Å². The van der Waals surface area contributed by atoms with E-state index < -0.39 is 0 Å². The molecule has 1 unspecified atom stereocenters. The second kappa shape index (κ2) is 8.19. The third-order valence-electron chi connectivity index (χ3n) is 5.65. The molecule has 0 radical (unpaired) electrons. The largest absolute Gasteiger partial charge is 0.495 e. The topological polar surface area (TPSA) is 121 Å². The molecule has 1 atom stereocenters. The number of para-hydroxylation sites is 2. The number of nitrogens with two attached hydrogens (primary N) is 1. The second-order valence-electron chi connectivity index (χ2n) is 7.97. The van der Waals surface area contributed by atoms with Crippen LogP contribution in [0.2, 0.25) is 0 Å². The summed E-state index contributed by atoms with van der Waals surface area (Å²) in [7, 11) is 1.59. The molecule has 0 spiro atoms. The minimum Gasteiger partial charge on any atom is -0.495 e. The molecule has 1 aliphatic carbocycles. The summed E-state index contributed by atoms with van der Waals surface area (Å²) >= 11 is 1.63. The fourth-order valence-corrected chi connectivity index (χ4v) is 5.40. The lowest BCUT2D eigenvalue weighted by Gasteiger charge is -2.17. The van der Waals surface area contributed by atoms with Gasteiger partial charge in [-0.25, -0.2) is 4.98 Å². The summed E-state index contributed by atoms with van der Waals surface area (Å²) in [6.07, 6.45) is 4.58. The molecule has 3 heterocycles. The van der Waals surface area contributed by atoms with Crippen molar-refractivity contribution in [3.05, 3.63) is 57.2 Å². The van der Waals surface area contributed by atoms with Gasteiger partial charge in [0.25, 0.3) is 5.56 Å². The first-order valence-corrected chi connectivity index (χ1v) is 11.2. The molecule has 5 rings (SSSR count). The molecule has 0 saturated carbocycles. The monoisotopic (exact) mass is 449 g/mol. The Morgan fingerprint density at radius 1 is 1.28 bits per heavy atom. The summed E-state index contributed by atoms with van der Waals surface area (Å²) < 4.78 is 6.89. The fourth-order valence-electron chi connectivity index (χ4n) is 4.06. The number of hydrogen-bond donors (Lipinski definition) is 2. The number of rotatable bonds is 5. The zero-order valence-corrected chi connectivity index (χ0v) is 18.6. The van der Waals surface area contributed by atoms with Gasteiger partial charge >= 0.3 is 0 Å². The minimum atomic E-state index is -0.0692. The van der Waals surface area contributed by atoms with Gasteiger partial charge in [-0.3, -0.25) is 9.36 Å². The lowest BCUT2D eigenvalue weighted by atomic mass is 9.89. The first-order chi connectivity index (χ1) is 15.5. The predicted molar refractivity (Wildman–Crippen MR) is 125 cm³/mol. The molecule has 0 aliphatic heterocycles. The standard InChI is InChI=1S/C22H23N7O2S/c1-12-7-8-13-16(9-12)32-19-18(13)20(30)29(11-24-19)10-17-26-21(23)28-22(27-17)25-14-5-3-4-6-15(14)31-2/h3-6,11-12H,7-10H2,1-2H3,(H3,23,25,26,27,28). The summed E-state index contributed by atoms with van der Waals surface area (Å²) in [5.41, 5.74) is 7.71. The van der Waals surface area contributed by atoms with Crippen molar-refractivity contribution in [1.82, 2.24) is 24.5 Å². The van der Waals surface area contributed by atoms with Crippen LogP contribution in [0.3, 0.4) is 0 Å². The maximum Gasteiger partial charge on any atom is 0.262 e. The van der Waals surface area contributed by atoms with E-state index in [1.807, 2.05) is 24.3 Å². The van der Waals surface area contributed by atoms with Gasteiger partial charge in [-0.1, -0.05) is 19.1 Å². The third-order valence-corrected chi connectivity index (χ3v) is 6.81. The van der Waals surface area contributed by atoms with E-state index >= 15 is 0 Å². The fraction of sp³-hybridized carbons (Fsp3) is 0.318. The summed E-state index contributed by atoms with van der Waals surface area (Å²) in [5, 5.41) is 3.84. The van der Waals surface area contributed by atoms with Crippen LogP contribution in [0.4, 0.5) is 17.6 Å². The van der Waals surface area contributed by atoms with E-state index in [-0.39, 0.29) is 24.0 Å². The summed E-state index contributed by atoms with van der Waals surface area (Å²) in [5.74, 6) is 2.00. The van der Waals surface area contributed by atoms with E-state index in [9.17, 15) is 4.79 Å². The first-order valence-electron chi connectivity index (χ1n) is 10.4. The molecule has 1 aliphatic rings. The summed E-state index contributed by atoms with van der Waals surface area (Å²) in [4.78, 5) is 32.8. The highest BCUT2D eigenvalue weighted by Crippen LogP contribution is 2.35. The Morgan fingerprint density at radius 2 is 2.12 bits per heavy atom. The van der Waals surface area contributed by atoms with E-state index in [2.05, 4.69) is 32.2 Å². The van der Waals surface area contributed by atoms with Gasteiger partial charge in [0.05, 0.1) is 31.1 Å². The lowest BCUT2D eigenvalue weighted by Crippen LogP contribution is -2.23. The van der Waals surface area contributed by atoms with Crippen molar-refractivity contribution < 1.29 is 4.74 Å². The SMILES string of the molecule is COc1ccccc1Nc1nc(N)nc(Cn2cnc3sc4c(c3c2=O)CCC(C)C4)n1. The van der Waals surface area contributed by atoms with Crippen LogP contribution in [0.25, 0.3) is 10.2 Å². The highest BCUT2D eigenvalue weighted by molar-refractivity contribution is 7.18. The number of hydrogen-bond acceptors (Lipinski definition) is 9. The van der Waals surface area contributed by atoms with Gasteiger partial charge < -0.3 is 15.8 Å². The Hall–Kier alpha value is -3.53. The number of anilines is 3. The van der Waals surface area contributed by atoms with Crippen molar-refractivity contribution in [2.75, 3.05) is 18.2 Å². The number of benzene rings is 1. The predicted octanol–water partition coefficient (Wildman–Crippen LogP) is 3.15. The Morgan fingerprint density at radius 3 is 2.97 bits per heavy atom. The van der Waals surface area contributed by atoms with Gasteiger partial charge in [-0.2, -0.15) is 15.0 Å². The molecular weight excluding hydrogens is 426 g/mol. The van der Waals surface area contributed by atoms with Crippen LogP contribution < -0.4 is 21.3 Å². The van der Waals surface area contributed by atoms with Crippen molar-refractivity contribution in [2.45, 2.75) is 32.7 Å². The molecular formula is C22H23N7O2S. The second-order valence-corrected chi connectivity index (χ2v) is 9.05. The molecule has 164 valence electrons. The van der Waals surface area contributed by atoms with Crippen LogP contribution in [0.15, 0.2) is 35.4 Å². The number of nitrogens with zero attached hydrogens (tertiary/aromatic N) is 5. The highest BCUT2D eigenvalue weighted by atomic mass is 32.1. The molecule has 0 amide bonds. The maximum absolute atomic E-state index is 13.3. The molecule has 10 heteroatoms. The van der Waals surface area contributed by atoms with E-state index in [4.69, 9.17) is 10.5 Å². The van der Waals surface area contributed by atoms with Crippen LogP contribution in [0.5, 0.6) is 5.75 Å². The molecule has 0 bridgehead atoms. The number of fused-ring (bicyclic) bond motifs is 3. The van der Waals surface area contributed by atoms with Gasteiger partial charge in [0, 0.05) is 4.88 Å². The Bertz CT molecular complexity index is 1360. The van der Waals surface area contributed by atoms with E-state index in [0.717, 1.165) is 35.0 Å². The van der Waals surface area contributed by atoms with Gasteiger partial charge in [0.2, 0.25) is 11.9 Å². The van der Waals surface area contributed by atoms with Crippen molar-refractivity contribution in [1.29, 1.82) is 0 Å². The molecule has 3 aromatic heterocycles. The third kappa shape index (κ3) is 3.77. The zero-order valence-electron chi connectivity index (χ0n) is 17.8. The molecule has 32 heavy (non-hydrogen) atoms. The maximum atomic E-state index is 13.3. The normalized spacial score (nSPS) is 15.5. The Labute approximate surface area is 188 Å². The highest BCUT2D eigenvalue weighted by Gasteiger charge is 2.23. The average molecular weight is 450 g/mol. The average Bonchev–Trinajstić information content (AvgIpc) is 3.14. The molecule has 4 aromatic rings. The smallest absolute Gasteiger partial charge is 0.262 e. The lowest BCUT2D eigenvalue weighted by molar-refractivity contribution is 0.417. The molecule has 0 fully saturated rings. The van der Waals surface area contributed by atoms with Gasteiger partial charge in [-0.15, -0.1) is 11.3 Å². The Kier molecular flexibility index (Phi) is 5.22. The quantitative estimate of drug-likeness (QED) is 0.477. The van der Waals surface area contributed by atoms with Crippen LogP contribution in [0, 0.1) is 5.92 Å². The molecule has 3 N–H and O–H groups in total. The van der Waals surface area contributed by atoms with Crippen molar-refractivity contribution in [2.24, 2.45) is 5.92 Å². The molecule has 9 nitrogen and oxygen atoms in total. The summed E-state index contributed by atoms with van der Waals surface area (Å²) in [6, 6.07) is 7.42. The molecule has 1 aromatic carbocycles. The number of ether oxygens (including phenoxy) is 1. The van der Waals surface area contributed by atoms with Crippen LogP contribution in [-0.4, -0.2) is 31.6 Å². The van der Waals surface area contributed by atoms with E-state index in [1.165, 1.54) is 9.44 Å². The van der Waals surface area contributed by atoms with Crippen molar-refractivity contribution in [3.8, 4) is 5.75 Å². The van der Waals surface area contributed by atoms with Crippen molar-refractivity contribution >= 4 is 39.1 Å². The number of nitrogens with one attached hydrogen (secondary N) is 1. The number of aromatic nitrogens is 5. The number of nitrogen functional groups attached to an aromatic ring is 1. The van der Waals surface area contributed by atoms with E-state index in [0.29, 0.717) is 23.2 Å². The minimum absolute atomic E-state index is 0.0661. The van der Waals surface area contributed by atoms with E-state index in [1.54, 1.807) is 24.8 Å². The zero-order chi connectivity index (χ0) is 22.2. The van der Waals surface area contributed by atoms with Crippen LogP contribution in [0.1, 0.15) is 29.6 Å². The number of thiophene rings is 1. The first kappa shape index (κ1) is 20.4. The Balaban J connectivity index is 1.48. The van der Waals surface area contributed by atoms with Crippen LogP contribution in [-0.2, 0) is 19.4 Å².